The normalized spacial score (nSPS) is 22.4. The number of halogens is 5. The number of rotatable bonds is 3. The summed E-state index contributed by atoms with van der Waals surface area (Å²) < 4.78 is 38.2. The smallest absolute Gasteiger partial charge is 0.326 e. The third-order valence-corrected chi connectivity index (χ3v) is 4.75. The molecular weight excluding hydrogens is 356 g/mol. The Balaban J connectivity index is 2.31. The lowest BCUT2D eigenvalue weighted by atomic mass is 10.1. The molecule has 0 saturated heterocycles. The van der Waals surface area contributed by atoms with E-state index in [0.29, 0.717) is 0 Å². The SMILES string of the molecule is CC(=O)Nc1ccc(NC(=O)[C@]2(C)CC2(Cl)Cl)c(C(F)(F)F)c1. The lowest BCUT2D eigenvalue weighted by Crippen LogP contribution is -2.27. The molecule has 0 aromatic heterocycles. The van der Waals surface area contributed by atoms with Gasteiger partial charge in [-0.15, -0.1) is 23.2 Å². The summed E-state index contributed by atoms with van der Waals surface area (Å²) in [4.78, 5) is 23.1. The van der Waals surface area contributed by atoms with Gasteiger partial charge in [0.25, 0.3) is 0 Å². The van der Waals surface area contributed by atoms with Gasteiger partial charge < -0.3 is 10.6 Å². The van der Waals surface area contributed by atoms with Gasteiger partial charge in [-0.1, -0.05) is 0 Å². The maximum absolute atomic E-state index is 13.2. The minimum atomic E-state index is -4.71. The summed E-state index contributed by atoms with van der Waals surface area (Å²) >= 11 is 11.7. The molecule has 2 rings (SSSR count). The molecule has 4 nitrogen and oxygen atoms in total. The van der Waals surface area contributed by atoms with Gasteiger partial charge in [-0.2, -0.15) is 13.2 Å². The second-order valence-corrected chi connectivity index (χ2v) is 7.09. The van der Waals surface area contributed by atoms with Crippen LogP contribution in [-0.4, -0.2) is 16.1 Å². The maximum atomic E-state index is 13.2. The first-order valence-corrected chi connectivity index (χ1v) is 7.30. The Kier molecular flexibility index (Phi) is 4.32. The fourth-order valence-corrected chi connectivity index (χ4v) is 2.78. The molecule has 9 heteroatoms. The van der Waals surface area contributed by atoms with Crippen molar-refractivity contribution in [2.24, 2.45) is 5.41 Å². The predicted octanol–water partition coefficient (Wildman–Crippen LogP) is 4.19. The molecule has 1 fully saturated rings. The molecule has 0 spiro atoms. The van der Waals surface area contributed by atoms with Gasteiger partial charge in [0.15, 0.2) is 0 Å². The summed E-state index contributed by atoms with van der Waals surface area (Å²) in [6.07, 6.45) is -4.55. The number of amides is 2. The van der Waals surface area contributed by atoms with Gasteiger partial charge in [0.05, 0.1) is 16.7 Å². The molecule has 1 aromatic rings. The Morgan fingerprint density at radius 2 is 1.78 bits per heavy atom. The van der Waals surface area contributed by atoms with Crippen LogP contribution in [0, 0.1) is 5.41 Å². The Labute approximate surface area is 140 Å². The minimum Gasteiger partial charge on any atom is -0.326 e. The molecule has 1 atom stereocenters. The van der Waals surface area contributed by atoms with E-state index in [9.17, 15) is 22.8 Å². The minimum absolute atomic E-state index is 0.0236. The van der Waals surface area contributed by atoms with Crippen LogP contribution in [0.1, 0.15) is 25.8 Å². The highest BCUT2D eigenvalue weighted by Gasteiger charge is 2.68. The van der Waals surface area contributed by atoms with Crippen molar-refractivity contribution in [3.63, 3.8) is 0 Å². The first-order chi connectivity index (χ1) is 10.4. The van der Waals surface area contributed by atoms with E-state index in [4.69, 9.17) is 23.2 Å². The maximum Gasteiger partial charge on any atom is 0.418 e. The van der Waals surface area contributed by atoms with Gasteiger partial charge in [-0.05, 0) is 31.5 Å². The molecule has 0 radical (unpaired) electrons. The number of carbonyl (C=O) groups excluding carboxylic acids is 2. The predicted molar refractivity (Wildman–Crippen MR) is 81.5 cm³/mol. The topological polar surface area (TPSA) is 58.2 Å². The molecule has 0 heterocycles. The zero-order chi connectivity index (χ0) is 17.6. The van der Waals surface area contributed by atoms with E-state index in [2.05, 4.69) is 10.6 Å². The fourth-order valence-electron chi connectivity index (χ4n) is 2.08. The fraction of sp³-hybridized carbons (Fsp3) is 0.429. The average Bonchev–Trinajstić information content (AvgIpc) is 2.90. The van der Waals surface area contributed by atoms with E-state index in [0.717, 1.165) is 12.1 Å². The number of benzene rings is 1. The van der Waals surface area contributed by atoms with Crippen molar-refractivity contribution >= 4 is 46.4 Å². The van der Waals surface area contributed by atoms with Crippen molar-refractivity contribution in [2.45, 2.75) is 30.8 Å². The van der Waals surface area contributed by atoms with Gasteiger partial charge in [0.2, 0.25) is 11.8 Å². The number of anilines is 2. The van der Waals surface area contributed by atoms with Crippen LogP contribution in [0.15, 0.2) is 18.2 Å². The van der Waals surface area contributed by atoms with Gasteiger partial charge >= 0.3 is 6.18 Å². The van der Waals surface area contributed by atoms with Crippen LogP contribution in [0.3, 0.4) is 0 Å². The van der Waals surface area contributed by atoms with Crippen molar-refractivity contribution < 1.29 is 22.8 Å². The van der Waals surface area contributed by atoms with Gasteiger partial charge in [0, 0.05) is 12.6 Å². The number of hydrogen-bond acceptors (Lipinski definition) is 2. The number of alkyl halides is 5. The Morgan fingerprint density at radius 1 is 1.22 bits per heavy atom. The van der Waals surface area contributed by atoms with Crippen molar-refractivity contribution in [3.05, 3.63) is 23.8 Å². The average molecular weight is 369 g/mol. The van der Waals surface area contributed by atoms with Crippen LogP contribution in [0.5, 0.6) is 0 Å². The Hall–Kier alpha value is -1.47. The zero-order valence-corrected chi connectivity index (χ0v) is 13.7. The number of hydrogen-bond donors (Lipinski definition) is 2. The van der Waals surface area contributed by atoms with E-state index >= 15 is 0 Å². The summed E-state index contributed by atoms with van der Waals surface area (Å²) in [7, 11) is 0. The van der Waals surface area contributed by atoms with Crippen LogP contribution in [0.2, 0.25) is 0 Å². The van der Waals surface area contributed by atoms with E-state index in [-0.39, 0.29) is 12.1 Å². The van der Waals surface area contributed by atoms with Crippen molar-refractivity contribution in [2.75, 3.05) is 10.6 Å². The van der Waals surface area contributed by atoms with E-state index < -0.39 is 39.0 Å². The summed E-state index contributed by atoms with van der Waals surface area (Å²) in [6, 6.07) is 3.08. The zero-order valence-electron chi connectivity index (χ0n) is 12.1. The molecule has 1 saturated carbocycles. The van der Waals surface area contributed by atoms with Crippen LogP contribution in [0.4, 0.5) is 24.5 Å². The number of carbonyl (C=O) groups is 2. The van der Waals surface area contributed by atoms with Crippen LogP contribution in [0.25, 0.3) is 0 Å². The third kappa shape index (κ3) is 3.55. The quantitative estimate of drug-likeness (QED) is 0.786. The van der Waals surface area contributed by atoms with Crippen LogP contribution < -0.4 is 10.6 Å². The summed E-state index contributed by atoms with van der Waals surface area (Å²) in [6.45, 7) is 2.65. The Bertz CT molecular complexity index is 676. The second kappa shape index (κ2) is 5.56. The van der Waals surface area contributed by atoms with Crippen molar-refractivity contribution in [3.8, 4) is 0 Å². The largest absolute Gasteiger partial charge is 0.418 e. The first-order valence-electron chi connectivity index (χ1n) is 6.55. The highest BCUT2D eigenvalue weighted by molar-refractivity contribution is 6.53. The van der Waals surface area contributed by atoms with Gasteiger partial charge in [0.1, 0.15) is 4.33 Å². The first kappa shape index (κ1) is 17.9. The van der Waals surface area contributed by atoms with Gasteiger partial charge in [-0.3, -0.25) is 9.59 Å². The molecule has 0 unspecified atom stereocenters. The molecular formula is C14H13Cl2F3N2O2. The van der Waals surface area contributed by atoms with Crippen LogP contribution >= 0.6 is 23.2 Å². The summed E-state index contributed by atoms with van der Waals surface area (Å²) in [5.41, 5.74) is -2.66. The summed E-state index contributed by atoms with van der Waals surface area (Å²) in [5.74, 6) is -1.20. The molecule has 1 aromatic carbocycles. The lowest BCUT2D eigenvalue weighted by Gasteiger charge is -2.18. The summed E-state index contributed by atoms with van der Waals surface area (Å²) in [5, 5.41) is 4.47. The third-order valence-electron chi connectivity index (χ3n) is 3.65. The monoisotopic (exact) mass is 368 g/mol. The van der Waals surface area contributed by atoms with Crippen LogP contribution in [-0.2, 0) is 15.8 Å². The number of nitrogens with one attached hydrogen (secondary N) is 2. The molecule has 23 heavy (non-hydrogen) atoms. The lowest BCUT2D eigenvalue weighted by molar-refractivity contribution is -0.137. The van der Waals surface area contributed by atoms with Gasteiger partial charge in [-0.25, -0.2) is 0 Å². The molecule has 2 N–H and O–H groups in total. The standard InChI is InChI=1S/C14H13Cl2F3N2O2/c1-7(22)20-8-3-4-10(9(5-8)14(17,18)19)21-11(23)12(2)6-13(12,15)16/h3-5H,6H2,1-2H3,(H,20,22)(H,21,23)/t12-/m0/s1. The van der Waals surface area contributed by atoms with Crippen molar-refractivity contribution in [1.82, 2.24) is 0 Å². The molecule has 0 bridgehead atoms. The molecule has 0 aliphatic heterocycles. The molecule has 1 aliphatic rings. The van der Waals surface area contributed by atoms with Crippen molar-refractivity contribution in [1.29, 1.82) is 0 Å². The molecule has 1 aliphatic carbocycles. The van der Waals surface area contributed by atoms with E-state index in [1.54, 1.807) is 0 Å². The Morgan fingerprint density at radius 3 is 2.22 bits per heavy atom. The highest BCUT2D eigenvalue weighted by atomic mass is 35.5. The second-order valence-electron chi connectivity index (χ2n) is 5.61. The highest BCUT2D eigenvalue weighted by Crippen LogP contribution is 2.64. The van der Waals surface area contributed by atoms with E-state index in [1.165, 1.54) is 19.9 Å². The molecule has 2 amide bonds. The van der Waals surface area contributed by atoms with E-state index in [1.807, 2.05) is 0 Å². The molecule has 126 valence electrons.